The van der Waals surface area contributed by atoms with Crippen LogP contribution in [0.3, 0.4) is 0 Å². The summed E-state index contributed by atoms with van der Waals surface area (Å²) in [5, 5.41) is 3.40. The lowest BCUT2D eigenvalue weighted by Crippen LogP contribution is -2.39. The first-order valence-electron chi connectivity index (χ1n) is 8.42. The van der Waals surface area contributed by atoms with E-state index in [1.54, 1.807) is 0 Å². The summed E-state index contributed by atoms with van der Waals surface area (Å²) in [5.74, 6) is 0.588. The van der Waals surface area contributed by atoms with Crippen LogP contribution in [-0.2, 0) is 13.1 Å². The normalized spacial score (nSPS) is 16.7. The number of nitrogens with zero attached hydrogens (tertiary/aromatic N) is 2. The first-order valence-corrected chi connectivity index (χ1v) is 8.42. The van der Waals surface area contributed by atoms with E-state index in [0.717, 1.165) is 6.54 Å². The van der Waals surface area contributed by atoms with Crippen molar-refractivity contribution in [1.82, 2.24) is 10.2 Å². The summed E-state index contributed by atoms with van der Waals surface area (Å²) in [6, 6.07) is 9.08. The highest BCUT2D eigenvalue weighted by atomic mass is 127. The highest BCUT2D eigenvalue weighted by Crippen LogP contribution is 2.17. The summed E-state index contributed by atoms with van der Waals surface area (Å²) >= 11 is 0. The summed E-state index contributed by atoms with van der Waals surface area (Å²) in [6.45, 7) is 1.60. The second kappa shape index (κ2) is 10.9. The van der Waals surface area contributed by atoms with Gasteiger partial charge in [0.1, 0.15) is 0 Å². The van der Waals surface area contributed by atoms with Crippen LogP contribution in [-0.4, -0.2) is 31.0 Å². The zero-order chi connectivity index (χ0) is 15.8. The Morgan fingerprint density at radius 2 is 1.83 bits per heavy atom. The molecular formula is C18H31IN4. The fourth-order valence-corrected chi connectivity index (χ4v) is 3.05. The average molecular weight is 430 g/mol. The lowest BCUT2D eigenvalue weighted by atomic mass is 10.1. The predicted octanol–water partition coefficient (Wildman–Crippen LogP) is 3.49. The van der Waals surface area contributed by atoms with E-state index in [2.05, 4.69) is 53.6 Å². The minimum absolute atomic E-state index is 0. The van der Waals surface area contributed by atoms with Crippen LogP contribution in [0, 0.1) is 0 Å². The molecule has 0 spiro atoms. The van der Waals surface area contributed by atoms with Gasteiger partial charge in [0.05, 0.1) is 6.54 Å². The molecule has 0 heterocycles. The smallest absolute Gasteiger partial charge is 0.189 e. The van der Waals surface area contributed by atoms with Gasteiger partial charge in [-0.1, -0.05) is 49.9 Å². The van der Waals surface area contributed by atoms with Crippen molar-refractivity contribution in [3.63, 3.8) is 0 Å². The van der Waals surface area contributed by atoms with Crippen molar-refractivity contribution >= 4 is 29.9 Å². The number of guanidine groups is 1. The topological polar surface area (TPSA) is 53.6 Å². The van der Waals surface area contributed by atoms with E-state index < -0.39 is 0 Å². The standard InChI is InChI=1S/C18H30N4.HI/c1-22(2)14-16-9-7-8-15(12-16)13-20-18(19)21-17-10-5-3-4-6-11-17;/h7-9,12,17H,3-6,10-11,13-14H2,1-2H3,(H3,19,20,21);1H. The predicted molar refractivity (Wildman–Crippen MR) is 109 cm³/mol. The molecule has 1 aliphatic carbocycles. The molecule has 0 aromatic heterocycles. The molecule has 1 saturated carbocycles. The molecule has 2 rings (SSSR count). The molecule has 1 aromatic carbocycles. The number of nitrogens with one attached hydrogen (secondary N) is 1. The Kier molecular flexibility index (Phi) is 9.55. The van der Waals surface area contributed by atoms with Gasteiger partial charge in [0.25, 0.3) is 0 Å². The van der Waals surface area contributed by atoms with Gasteiger partial charge in [-0.2, -0.15) is 0 Å². The maximum atomic E-state index is 6.05. The van der Waals surface area contributed by atoms with Gasteiger partial charge in [-0.15, -0.1) is 24.0 Å². The van der Waals surface area contributed by atoms with Gasteiger partial charge in [0.2, 0.25) is 0 Å². The minimum Gasteiger partial charge on any atom is -0.370 e. The van der Waals surface area contributed by atoms with E-state index in [1.165, 1.54) is 49.7 Å². The van der Waals surface area contributed by atoms with Crippen molar-refractivity contribution in [3.8, 4) is 0 Å². The van der Waals surface area contributed by atoms with Crippen molar-refractivity contribution in [3.05, 3.63) is 35.4 Å². The molecule has 0 unspecified atom stereocenters. The molecule has 5 heteroatoms. The molecule has 0 radical (unpaired) electrons. The summed E-state index contributed by atoms with van der Waals surface area (Å²) in [4.78, 5) is 6.68. The number of rotatable bonds is 5. The summed E-state index contributed by atoms with van der Waals surface area (Å²) in [5.41, 5.74) is 8.58. The SMILES string of the molecule is CN(C)Cc1cccc(CN=C(N)NC2CCCCCC2)c1.I. The molecule has 0 bridgehead atoms. The molecule has 0 saturated heterocycles. The first kappa shape index (κ1) is 20.2. The highest BCUT2D eigenvalue weighted by Gasteiger charge is 2.12. The Balaban J connectivity index is 0.00000264. The maximum Gasteiger partial charge on any atom is 0.189 e. The first-order chi connectivity index (χ1) is 10.6. The number of benzene rings is 1. The zero-order valence-electron chi connectivity index (χ0n) is 14.4. The van der Waals surface area contributed by atoms with Gasteiger partial charge in [0, 0.05) is 12.6 Å². The molecule has 0 amide bonds. The Hall–Kier alpha value is -0.820. The number of aliphatic imine (C=N–C) groups is 1. The Morgan fingerprint density at radius 1 is 1.17 bits per heavy atom. The molecule has 4 nitrogen and oxygen atoms in total. The average Bonchev–Trinajstić information content (AvgIpc) is 2.73. The van der Waals surface area contributed by atoms with Crippen LogP contribution in [0.15, 0.2) is 29.3 Å². The molecule has 130 valence electrons. The lowest BCUT2D eigenvalue weighted by Gasteiger charge is -2.16. The Morgan fingerprint density at radius 3 is 2.48 bits per heavy atom. The molecule has 3 N–H and O–H groups in total. The van der Waals surface area contributed by atoms with Crippen LogP contribution in [0.1, 0.15) is 49.7 Å². The number of hydrogen-bond acceptors (Lipinski definition) is 2. The molecular weight excluding hydrogens is 399 g/mol. The van der Waals surface area contributed by atoms with Gasteiger partial charge < -0.3 is 16.0 Å². The van der Waals surface area contributed by atoms with Crippen molar-refractivity contribution in [2.24, 2.45) is 10.7 Å². The fraction of sp³-hybridized carbons (Fsp3) is 0.611. The van der Waals surface area contributed by atoms with Crippen molar-refractivity contribution in [2.45, 2.75) is 57.7 Å². The number of halogens is 1. The van der Waals surface area contributed by atoms with E-state index in [4.69, 9.17) is 5.73 Å². The Bertz CT molecular complexity index is 480. The quantitative estimate of drug-likeness (QED) is 0.326. The third kappa shape index (κ3) is 8.01. The highest BCUT2D eigenvalue weighted by molar-refractivity contribution is 14.0. The summed E-state index contributed by atoms with van der Waals surface area (Å²) in [7, 11) is 4.17. The molecule has 23 heavy (non-hydrogen) atoms. The second-order valence-corrected chi connectivity index (χ2v) is 6.59. The van der Waals surface area contributed by atoms with Gasteiger partial charge in [-0.3, -0.25) is 0 Å². The van der Waals surface area contributed by atoms with Crippen LogP contribution in [0.2, 0.25) is 0 Å². The summed E-state index contributed by atoms with van der Waals surface area (Å²) < 4.78 is 0. The molecule has 1 aliphatic rings. The van der Waals surface area contributed by atoms with Gasteiger partial charge in [-0.25, -0.2) is 4.99 Å². The molecule has 0 atom stereocenters. The van der Waals surface area contributed by atoms with Gasteiger partial charge in [0.15, 0.2) is 5.96 Å². The second-order valence-electron chi connectivity index (χ2n) is 6.59. The van der Waals surface area contributed by atoms with Crippen LogP contribution >= 0.6 is 24.0 Å². The monoisotopic (exact) mass is 430 g/mol. The van der Waals surface area contributed by atoms with Crippen LogP contribution < -0.4 is 11.1 Å². The lowest BCUT2D eigenvalue weighted by molar-refractivity contribution is 0.402. The van der Waals surface area contributed by atoms with E-state index in [9.17, 15) is 0 Å². The molecule has 1 fully saturated rings. The van der Waals surface area contributed by atoms with Gasteiger partial charge >= 0.3 is 0 Å². The summed E-state index contributed by atoms with van der Waals surface area (Å²) in [6.07, 6.45) is 7.75. The largest absolute Gasteiger partial charge is 0.370 e. The van der Waals surface area contributed by atoms with Crippen LogP contribution in [0.5, 0.6) is 0 Å². The molecule has 0 aliphatic heterocycles. The zero-order valence-corrected chi connectivity index (χ0v) is 16.8. The number of hydrogen-bond donors (Lipinski definition) is 2. The van der Waals surface area contributed by atoms with Crippen molar-refractivity contribution in [1.29, 1.82) is 0 Å². The van der Waals surface area contributed by atoms with E-state index >= 15 is 0 Å². The number of nitrogens with two attached hydrogens (primary N) is 1. The van der Waals surface area contributed by atoms with Crippen molar-refractivity contribution < 1.29 is 0 Å². The van der Waals surface area contributed by atoms with Crippen molar-refractivity contribution in [2.75, 3.05) is 14.1 Å². The van der Waals surface area contributed by atoms with Crippen LogP contribution in [0.4, 0.5) is 0 Å². The van der Waals surface area contributed by atoms with Gasteiger partial charge in [-0.05, 0) is 38.1 Å². The van der Waals surface area contributed by atoms with Crippen LogP contribution in [0.25, 0.3) is 0 Å². The molecule has 1 aromatic rings. The third-order valence-corrected chi connectivity index (χ3v) is 4.13. The minimum atomic E-state index is 0. The Labute approximate surface area is 157 Å². The maximum absolute atomic E-state index is 6.05. The van der Waals surface area contributed by atoms with E-state index in [0.29, 0.717) is 18.5 Å². The van der Waals surface area contributed by atoms with E-state index in [-0.39, 0.29) is 24.0 Å². The fourth-order valence-electron chi connectivity index (χ4n) is 3.05. The van der Waals surface area contributed by atoms with E-state index in [1.807, 2.05) is 0 Å². The third-order valence-electron chi connectivity index (χ3n) is 4.13.